The molecule has 1 N–H and O–H groups in total. The number of methoxy groups -OCH3 is 1. The van der Waals surface area contributed by atoms with Crippen LogP contribution < -0.4 is 5.32 Å². The zero-order chi connectivity index (χ0) is 17.5. The average Bonchev–Trinajstić information content (AvgIpc) is 2.97. The Kier molecular flexibility index (Phi) is 7.30. The second-order valence-electron chi connectivity index (χ2n) is 6.96. The number of aliphatic imine (C=N–C) groups is 1. The van der Waals surface area contributed by atoms with Crippen LogP contribution in [0.5, 0.6) is 0 Å². The van der Waals surface area contributed by atoms with E-state index in [1.807, 2.05) is 0 Å². The van der Waals surface area contributed by atoms with Crippen molar-refractivity contribution >= 4 is 11.9 Å². The van der Waals surface area contributed by atoms with Crippen LogP contribution in [0.1, 0.15) is 13.8 Å². The third-order valence-corrected chi connectivity index (χ3v) is 4.91. The molecule has 0 bridgehead atoms. The molecule has 2 aliphatic heterocycles. The van der Waals surface area contributed by atoms with E-state index in [4.69, 9.17) is 9.47 Å². The Morgan fingerprint density at radius 1 is 1.38 bits per heavy atom. The maximum absolute atomic E-state index is 11.8. The van der Waals surface area contributed by atoms with E-state index in [9.17, 15) is 4.79 Å². The number of ether oxygens (including phenoxy) is 2. The lowest BCUT2D eigenvalue weighted by Gasteiger charge is -2.30. The maximum Gasteiger partial charge on any atom is 0.310 e. The molecule has 0 radical (unpaired) electrons. The number of guanidine groups is 1. The van der Waals surface area contributed by atoms with Crippen molar-refractivity contribution in [2.45, 2.75) is 13.8 Å². The molecular weight excluding hydrogens is 308 g/mol. The molecule has 3 unspecified atom stereocenters. The smallest absolute Gasteiger partial charge is 0.310 e. The largest absolute Gasteiger partial charge is 0.469 e. The van der Waals surface area contributed by atoms with Gasteiger partial charge in [-0.25, -0.2) is 0 Å². The summed E-state index contributed by atoms with van der Waals surface area (Å²) in [6, 6.07) is 0. The highest BCUT2D eigenvalue weighted by molar-refractivity contribution is 5.82. The van der Waals surface area contributed by atoms with Crippen LogP contribution in [0, 0.1) is 17.8 Å². The predicted molar refractivity (Wildman–Crippen MR) is 94.0 cm³/mol. The fourth-order valence-corrected chi connectivity index (χ4v) is 3.48. The molecule has 0 aromatic rings. The van der Waals surface area contributed by atoms with Crippen LogP contribution in [0.3, 0.4) is 0 Å². The molecule has 2 heterocycles. The van der Waals surface area contributed by atoms with Gasteiger partial charge in [0.1, 0.15) is 0 Å². The van der Waals surface area contributed by atoms with E-state index in [0.29, 0.717) is 12.5 Å². The van der Waals surface area contributed by atoms with Gasteiger partial charge in [0.15, 0.2) is 5.96 Å². The quantitative estimate of drug-likeness (QED) is 0.440. The summed E-state index contributed by atoms with van der Waals surface area (Å²) in [5.74, 6) is 1.49. The fraction of sp³-hybridized carbons (Fsp3) is 0.882. The van der Waals surface area contributed by atoms with Crippen LogP contribution in [-0.4, -0.2) is 88.4 Å². The molecule has 3 atom stereocenters. The molecule has 24 heavy (non-hydrogen) atoms. The molecule has 0 aromatic heterocycles. The number of rotatable bonds is 5. The van der Waals surface area contributed by atoms with E-state index < -0.39 is 0 Å². The molecule has 2 rings (SSSR count). The average molecular weight is 340 g/mol. The molecule has 0 aromatic carbocycles. The number of hydrogen-bond donors (Lipinski definition) is 1. The Labute approximate surface area is 145 Å². The van der Waals surface area contributed by atoms with E-state index in [2.05, 4.69) is 34.0 Å². The summed E-state index contributed by atoms with van der Waals surface area (Å²) in [5, 5.41) is 3.46. The molecule has 2 saturated heterocycles. The van der Waals surface area contributed by atoms with Gasteiger partial charge in [0, 0.05) is 46.3 Å². The van der Waals surface area contributed by atoms with Gasteiger partial charge in [-0.1, -0.05) is 13.8 Å². The molecule has 0 saturated carbocycles. The second kappa shape index (κ2) is 9.22. The minimum absolute atomic E-state index is 0.0701. The number of carbonyl (C=O) groups is 1. The fourth-order valence-electron chi connectivity index (χ4n) is 3.48. The van der Waals surface area contributed by atoms with Crippen LogP contribution in [0.25, 0.3) is 0 Å². The molecular formula is C17H32N4O3. The van der Waals surface area contributed by atoms with E-state index in [1.165, 1.54) is 7.11 Å². The summed E-state index contributed by atoms with van der Waals surface area (Å²) in [4.78, 5) is 20.8. The molecule has 7 heteroatoms. The minimum atomic E-state index is -0.124. The van der Waals surface area contributed by atoms with Gasteiger partial charge in [0.25, 0.3) is 0 Å². The SMILES string of the molecule is CN=C(NCC(C)CN1CCOCC1)N1CC(C)C(C(=O)OC)C1. The highest BCUT2D eigenvalue weighted by atomic mass is 16.5. The lowest BCUT2D eigenvalue weighted by Crippen LogP contribution is -2.45. The van der Waals surface area contributed by atoms with Crippen LogP contribution >= 0.6 is 0 Å². The first-order chi connectivity index (χ1) is 11.5. The summed E-state index contributed by atoms with van der Waals surface area (Å²) in [7, 11) is 3.25. The Morgan fingerprint density at radius 2 is 2.08 bits per heavy atom. The van der Waals surface area contributed by atoms with Crippen LogP contribution in [0.15, 0.2) is 4.99 Å². The van der Waals surface area contributed by atoms with Gasteiger partial charge >= 0.3 is 5.97 Å². The van der Waals surface area contributed by atoms with Crippen LogP contribution in [-0.2, 0) is 14.3 Å². The molecule has 0 aliphatic carbocycles. The monoisotopic (exact) mass is 340 g/mol. The van der Waals surface area contributed by atoms with Gasteiger partial charge in [-0.05, 0) is 11.8 Å². The van der Waals surface area contributed by atoms with Crippen molar-refractivity contribution in [1.82, 2.24) is 15.1 Å². The van der Waals surface area contributed by atoms with Crippen molar-refractivity contribution in [2.75, 3.05) is 66.6 Å². The van der Waals surface area contributed by atoms with Gasteiger partial charge in [0.2, 0.25) is 0 Å². The number of carbonyl (C=O) groups excluding carboxylic acids is 1. The Morgan fingerprint density at radius 3 is 2.71 bits per heavy atom. The Balaban J connectivity index is 1.78. The first-order valence-electron chi connectivity index (χ1n) is 8.88. The number of hydrogen-bond acceptors (Lipinski definition) is 5. The van der Waals surface area contributed by atoms with Crippen molar-refractivity contribution in [3.05, 3.63) is 0 Å². The summed E-state index contributed by atoms with van der Waals surface area (Å²) < 4.78 is 10.3. The summed E-state index contributed by atoms with van der Waals surface area (Å²) >= 11 is 0. The lowest BCUT2D eigenvalue weighted by molar-refractivity contribution is -0.145. The summed E-state index contributed by atoms with van der Waals surface area (Å²) in [6.45, 7) is 11.5. The van der Waals surface area contributed by atoms with Gasteiger partial charge in [-0.15, -0.1) is 0 Å². The van der Waals surface area contributed by atoms with Gasteiger partial charge < -0.3 is 19.7 Å². The topological polar surface area (TPSA) is 66.4 Å². The van der Waals surface area contributed by atoms with Crippen molar-refractivity contribution in [2.24, 2.45) is 22.7 Å². The first-order valence-corrected chi connectivity index (χ1v) is 8.88. The molecule has 138 valence electrons. The third-order valence-electron chi connectivity index (χ3n) is 4.91. The standard InChI is InChI=1S/C17H32N4O3/c1-13(10-20-5-7-24-8-6-20)9-19-17(18-3)21-11-14(2)15(12-21)16(22)23-4/h13-15H,5-12H2,1-4H3,(H,18,19). The molecule has 0 amide bonds. The van der Waals surface area contributed by atoms with Crippen molar-refractivity contribution < 1.29 is 14.3 Å². The van der Waals surface area contributed by atoms with Crippen molar-refractivity contribution in [3.8, 4) is 0 Å². The molecule has 2 fully saturated rings. The molecule has 2 aliphatic rings. The molecule has 0 spiro atoms. The highest BCUT2D eigenvalue weighted by Crippen LogP contribution is 2.24. The Bertz CT molecular complexity index is 438. The number of nitrogens with zero attached hydrogens (tertiary/aromatic N) is 3. The number of morpholine rings is 1. The lowest BCUT2D eigenvalue weighted by atomic mass is 9.99. The maximum atomic E-state index is 11.8. The Hall–Kier alpha value is -1.34. The zero-order valence-corrected chi connectivity index (χ0v) is 15.5. The third kappa shape index (κ3) is 5.08. The van der Waals surface area contributed by atoms with Crippen molar-refractivity contribution in [1.29, 1.82) is 0 Å². The van der Waals surface area contributed by atoms with E-state index in [1.54, 1.807) is 7.05 Å². The predicted octanol–water partition coefficient (Wildman–Crippen LogP) is 0.271. The summed E-state index contributed by atoms with van der Waals surface area (Å²) in [5.41, 5.74) is 0. The van der Waals surface area contributed by atoms with Gasteiger partial charge in [-0.3, -0.25) is 14.7 Å². The highest BCUT2D eigenvalue weighted by Gasteiger charge is 2.36. The van der Waals surface area contributed by atoms with E-state index in [0.717, 1.165) is 51.9 Å². The second-order valence-corrected chi connectivity index (χ2v) is 6.96. The number of likely N-dealkylation sites (tertiary alicyclic amines) is 1. The zero-order valence-electron chi connectivity index (χ0n) is 15.5. The number of nitrogens with one attached hydrogen (secondary N) is 1. The van der Waals surface area contributed by atoms with E-state index in [-0.39, 0.29) is 17.8 Å². The summed E-state index contributed by atoms with van der Waals surface area (Å²) in [6.07, 6.45) is 0. The van der Waals surface area contributed by atoms with Gasteiger partial charge in [0.05, 0.1) is 26.2 Å². The normalized spacial score (nSPS) is 27.2. The number of esters is 1. The van der Waals surface area contributed by atoms with E-state index >= 15 is 0 Å². The minimum Gasteiger partial charge on any atom is -0.469 e. The van der Waals surface area contributed by atoms with Crippen LogP contribution in [0.4, 0.5) is 0 Å². The van der Waals surface area contributed by atoms with Crippen LogP contribution in [0.2, 0.25) is 0 Å². The van der Waals surface area contributed by atoms with Gasteiger partial charge in [-0.2, -0.15) is 0 Å². The molecule has 7 nitrogen and oxygen atoms in total. The first kappa shape index (κ1) is 19.0. The van der Waals surface area contributed by atoms with Crippen molar-refractivity contribution in [3.63, 3.8) is 0 Å².